The summed E-state index contributed by atoms with van der Waals surface area (Å²) in [5.41, 5.74) is 0. The van der Waals surface area contributed by atoms with Crippen molar-refractivity contribution >= 4 is 17.3 Å². The summed E-state index contributed by atoms with van der Waals surface area (Å²) in [5, 5.41) is 7.77. The zero-order valence-corrected chi connectivity index (χ0v) is 12.4. The first-order chi connectivity index (χ1) is 9.28. The fourth-order valence-corrected chi connectivity index (χ4v) is 2.83. The summed E-state index contributed by atoms with van der Waals surface area (Å²) in [4.78, 5) is 9.81. The lowest BCUT2D eigenvalue weighted by molar-refractivity contribution is 0.114. The number of ether oxygens (including phenoxy) is 1. The van der Waals surface area contributed by atoms with Gasteiger partial charge in [-0.15, -0.1) is 11.3 Å². The molecule has 0 radical (unpaired) electrons. The van der Waals surface area contributed by atoms with Crippen LogP contribution in [-0.2, 0) is 11.2 Å². The number of aromatic nitrogens is 1. The Morgan fingerprint density at radius 1 is 1.58 bits per heavy atom. The molecule has 6 heteroatoms. The second kappa shape index (κ2) is 7.45. The van der Waals surface area contributed by atoms with Gasteiger partial charge in [-0.2, -0.15) is 0 Å². The third-order valence-corrected chi connectivity index (χ3v) is 4.02. The fraction of sp³-hybridized carbons (Fsp3) is 0.692. The highest BCUT2D eigenvalue weighted by atomic mass is 32.1. The zero-order chi connectivity index (χ0) is 13.5. The first-order valence-corrected chi connectivity index (χ1v) is 7.57. The van der Waals surface area contributed by atoms with Gasteiger partial charge in [0.15, 0.2) is 5.96 Å². The van der Waals surface area contributed by atoms with Crippen molar-refractivity contribution in [3.63, 3.8) is 0 Å². The van der Waals surface area contributed by atoms with Gasteiger partial charge in [0.25, 0.3) is 0 Å². The molecule has 1 aromatic rings. The number of aliphatic imine (C=N–C) groups is 1. The van der Waals surface area contributed by atoms with Crippen LogP contribution in [0.5, 0.6) is 0 Å². The Labute approximate surface area is 118 Å². The third kappa shape index (κ3) is 4.80. The Kier molecular flexibility index (Phi) is 5.60. The summed E-state index contributed by atoms with van der Waals surface area (Å²) in [7, 11) is 1.79. The van der Waals surface area contributed by atoms with E-state index in [2.05, 4.69) is 27.5 Å². The van der Waals surface area contributed by atoms with E-state index < -0.39 is 0 Å². The van der Waals surface area contributed by atoms with Gasteiger partial charge in [0, 0.05) is 44.2 Å². The van der Waals surface area contributed by atoms with Gasteiger partial charge in [0.2, 0.25) is 0 Å². The number of hydrogen-bond donors (Lipinski definition) is 2. The number of guanidine groups is 1. The molecular weight excluding hydrogens is 260 g/mol. The van der Waals surface area contributed by atoms with Crippen molar-refractivity contribution in [2.24, 2.45) is 4.99 Å². The van der Waals surface area contributed by atoms with Crippen LogP contribution in [0.1, 0.15) is 22.7 Å². The molecule has 2 rings (SSSR count). The summed E-state index contributed by atoms with van der Waals surface area (Å²) in [6.45, 7) is 4.65. The summed E-state index contributed by atoms with van der Waals surface area (Å²) in [6.07, 6.45) is 5.49. The molecule has 0 spiro atoms. The van der Waals surface area contributed by atoms with Crippen molar-refractivity contribution in [2.75, 3.05) is 26.7 Å². The maximum Gasteiger partial charge on any atom is 0.191 e. The van der Waals surface area contributed by atoms with Crippen molar-refractivity contribution in [2.45, 2.75) is 32.3 Å². The average molecular weight is 282 g/mol. The van der Waals surface area contributed by atoms with Crippen molar-refractivity contribution in [1.82, 2.24) is 15.6 Å². The quantitative estimate of drug-likeness (QED) is 0.632. The molecular formula is C13H22N4OS. The summed E-state index contributed by atoms with van der Waals surface area (Å²) in [6, 6.07) is 0. The normalized spacial score (nSPS) is 19.7. The summed E-state index contributed by atoms with van der Waals surface area (Å²) in [5.74, 6) is 0.837. The Morgan fingerprint density at radius 3 is 3.11 bits per heavy atom. The smallest absolute Gasteiger partial charge is 0.191 e. The van der Waals surface area contributed by atoms with Gasteiger partial charge in [-0.25, -0.2) is 4.98 Å². The molecule has 0 bridgehead atoms. The van der Waals surface area contributed by atoms with Crippen LogP contribution < -0.4 is 10.6 Å². The Bertz CT molecular complexity index is 413. The Morgan fingerprint density at radius 2 is 2.47 bits per heavy atom. The van der Waals surface area contributed by atoms with E-state index in [-0.39, 0.29) is 0 Å². The minimum absolute atomic E-state index is 0.333. The number of hydrogen-bond acceptors (Lipinski definition) is 4. The lowest BCUT2D eigenvalue weighted by Crippen LogP contribution is -2.41. The van der Waals surface area contributed by atoms with Crippen LogP contribution in [0, 0.1) is 6.92 Å². The maximum absolute atomic E-state index is 5.57. The molecule has 106 valence electrons. The molecule has 1 aliphatic heterocycles. The van der Waals surface area contributed by atoms with Gasteiger partial charge in [0.1, 0.15) is 0 Å². The van der Waals surface area contributed by atoms with E-state index in [1.807, 2.05) is 6.20 Å². The van der Waals surface area contributed by atoms with E-state index in [1.54, 1.807) is 18.4 Å². The van der Waals surface area contributed by atoms with Gasteiger partial charge in [-0.3, -0.25) is 4.99 Å². The number of nitrogens with zero attached hydrogens (tertiary/aromatic N) is 2. The molecule has 1 saturated heterocycles. The summed E-state index contributed by atoms with van der Waals surface area (Å²) >= 11 is 1.75. The fourth-order valence-electron chi connectivity index (χ4n) is 2.04. The largest absolute Gasteiger partial charge is 0.376 e. The monoisotopic (exact) mass is 282 g/mol. The molecule has 0 aliphatic carbocycles. The van der Waals surface area contributed by atoms with Gasteiger partial charge < -0.3 is 15.4 Å². The van der Waals surface area contributed by atoms with Crippen molar-refractivity contribution in [3.8, 4) is 0 Å². The molecule has 2 heterocycles. The first kappa shape index (κ1) is 14.3. The topological polar surface area (TPSA) is 58.5 Å². The van der Waals surface area contributed by atoms with Crippen molar-refractivity contribution in [1.29, 1.82) is 0 Å². The lowest BCUT2D eigenvalue weighted by Gasteiger charge is -2.14. The SMILES string of the molecule is CN=C(NCCc1ncc(C)s1)NCC1CCCO1. The number of thiazole rings is 1. The van der Waals surface area contributed by atoms with Crippen molar-refractivity contribution < 1.29 is 4.74 Å². The van der Waals surface area contributed by atoms with Gasteiger partial charge in [-0.1, -0.05) is 0 Å². The zero-order valence-electron chi connectivity index (χ0n) is 11.6. The van der Waals surface area contributed by atoms with E-state index in [0.29, 0.717) is 6.10 Å². The molecule has 19 heavy (non-hydrogen) atoms. The Hall–Kier alpha value is -1.14. The maximum atomic E-state index is 5.57. The predicted octanol–water partition coefficient (Wildman–Crippen LogP) is 1.34. The highest BCUT2D eigenvalue weighted by molar-refractivity contribution is 7.11. The number of nitrogens with one attached hydrogen (secondary N) is 2. The van der Waals surface area contributed by atoms with Gasteiger partial charge in [-0.05, 0) is 19.8 Å². The van der Waals surface area contributed by atoms with Crippen LogP contribution in [-0.4, -0.2) is 43.8 Å². The van der Waals surface area contributed by atoms with Crippen molar-refractivity contribution in [3.05, 3.63) is 16.1 Å². The molecule has 1 fully saturated rings. The van der Waals surface area contributed by atoms with Crippen LogP contribution in [0.15, 0.2) is 11.2 Å². The first-order valence-electron chi connectivity index (χ1n) is 6.75. The standard InChI is InChI=1S/C13H22N4OS/c1-10-8-16-12(19-10)5-6-15-13(14-2)17-9-11-4-3-7-18-11/h8,11H,3-7,9H2,1-2H3,(H2,14,15,17). The predicted molar refractivity (Wildman–Crippen MR) is 78.9 cm³/mol. The highest BCUT2D eigenvalue weighted by Gasteiger charge is 2.15. The van der Waals surface area contributed by atoms with E-state index in [0.717, 1.165) is 38.5 Å². The van der Waals surface area contributed by atoms with Crippen LogP contribution in [0.4, 0.5) is 0 Å². The van der Waals surface area contributed by atoms with E-state index in [4.69, 9.17) is 4.74 Å². The van der Waals surface area contributed by atoms with Crippen LogP contribution in [0.25, 0.3) is 0 Å². The van der Waals surface area contributed by atoms with Crippen LogP contribution >= 0.6 is 11.3 Å². The second-order valence-corrected chi connectivity index (χ2v) is 5.95. The van der Waals surface area contributed by atoms with E-state index in [1.165, 1.54) is 16.3 Å². The molecule has 5 nitrogen and oxygen atoms in total. The molecule has 1 aliphatic rings. The Balaban J connectivity index is 1.64. The van der Waals surface area contributed by atoms with Crippen LogP contribution in [0.3, 0.4) is 0 Å². The minimum Gasteiger partial charge on any atom is -0.376 e. The van der Waals surface area contributed by atoms with Crippen LogP contribution in [0.2, 0.25) is 0 Å². The number of aryl methyl sites for hydroxylation is 1. The third-order valence-electron chi connectivity index (χ3n) is 3.05. The highest BCUT2D eigenvalue weighted by Crippen LogP contribution is 2.11. The molecule has 1 unspecified atom stereocenters. The molecule has 0 saturated carbocycles. The minimum atomic E-state index is 0.333. The van der Waals surface area contributed by atoms with E-state index in [9.17, 15) is 0 Å². The average Bonchev–Trinajstić information content (AvgIpc) is 3.05. The van der Waals surface area contributed by atoms with Gasteiger partial charge >= 0.3 is 0 Å². The van der Waals surface area contributed by atoms with E-state index >= 15 is 0 Å². The molecule has 0 aromatic carbocycles. The van der Waals surface area contributed by atoms with Gasteiger partial charge in [0.05, 0.1) is 11.1 Å². The number of rotatable bonds is 5. The molecule has 1 atom stereocenters. The second-order valence-electron chi connectivity index (χ2n) is 4.63. The molecule has 0 amide bonds. The summed E-state index contributed by atoms with van der Waals surface area (Å²) < 4.78 is 5.57. The molecule has 1 aromatic heterocycles. The molecule has 2 N–H and O–H groups in total. The lowest BCUT2D eigenvalue weighted by atomic mass is 10.2.